The van der Waals surface area contributed by atoms with Crippen LogP contribution in [0.25, 0.3) is 0 Å². The molecule has 3 rings (SSSR count). The number of fused-ring (bicyclic) bond motifs is 2. The summed E-state index contributed by atoms with van der Waals surface area (Å²) in [5.74, 6) is 3.16. The van der Waals surface area contributed by atoms with Crippen LogP contribution in [0.5, 0.6) is 0 Å². The van der Waals surface area contributed by atoms with Gasteiger partial charge in [-0.2, -0.15) is 0 Å². The molecule has 1 aromatic carbocycles. The minimum absolute atomic E-state index is 1.00. The second-order valence-electron chi connectivity index (χ2n) is 6.23. The molecule has 18 heavy (non-hydrogen) atoms. The maximum atomic E-state index is 3.68. The third kappa shape index (κ3) is 2.95. The molecule has 0 aliphatic heterocycles. The number of nitrogens with one attached hydrogen (secondary N) is 1. The fourth-order valence-electron chi connectivity index (χ4n) is 3.98. The van der Waals surface area contributed by atoms with Gasteiger partial charge in [0.1, 0.15) is 0 Å². The van der Waals surface area contributed by atoms with Crippen molar-refractivity contribution in [3.63, 3.8) is 0 Å². The molecule has 0 spiro atoms. The lowest BCUT2D eigenvalue weighted by Gasteiger charge is -2.21. The van der Waals surface area contributed by atoms with E-state index < -0.39 is 0 Å². The topological polar surface area (TPSA) is 12.0 Å². The number of benzene rings is 1. The van der Waals surface area contributed by atoms with Crippen LogP contribution >= 0.6 is 0 Å². The van der Waals surface area contributed by atoms with Crippen LogP contribution in [-0.2, 0) is 6.42 Å². The Bertz CT molecular complexity index is 359. The van der Waals surface area contributed by atoms with Crippen molar-refractivity contribution < 1.29 is 0 Å². The Balaban J connectivity index is 1.29. The quantitative estimate of drug-likeness (QED) is 0.752. The molecule has 0 amide bonds. The van der Waals surface area contributed by atoms with Crippen LogP contribution in [0.15, 0.2) is 30.3 Å². The van der Waals surface area contributed by atoms with Crippen molar-refractivity contribution in [2.75, 3.05) is 13.1 Å². The van der Waals surface area contributed by atoms with E-state index in [-0.39, 0.29) is 0 Å². The van der Waals surface area contributed by atoms with Gasteiger partial charge in [-0.15, -0.1) is 0 Å². The van der Waals surface area contributed by atoms with Gasteiger partial charge < -0.3 is 5.32 Å². The van der Waals surface area contributed by atoms with Gasteiger partial charge >= 0.3 is 0 Å². The lowest BCUT2D eigenvalue weighted by Crippen LogP contribution is -2.27. The molecule has 0 radical (unpaired) electrons. The predicted octanol–water partition coefficient (Wildman–Crippen LogP) is 3.65. The summed E-state index contributed by atoms with van der Waals surface area (Å²) in [6.45, 7) is 2.46. The summed E-state index contributed by atoms with van der Waals surface area (Å²) in [6, 6.07) is 10.8. The highest BCUT2D eigenvalue weighted by Crippen LogP contribution is 2.47. The molecule has 2 bridgehead atoms. The van der Waals surface area contributed by atoms with Crippen molar-refractivity contribution in [3.8, 4) is 0 Å². The van der Waals surface area contributed by atoms with Gasteiger partial charge in [0.15, 0.2) is 0 Å². The standard InChI is InChI=1S/C17H25N/c1-2-5-14(6-3-1)7-4-10-18-13-17-12-15-8-9-16(17)11-15/h1-3,5-6,15-18H,4,7-13H2. The van der Waals surface area contributed by atoms with Crippen molar-refractivity contribution in [1.82, 2.24) is 5.32 Å². The highest BCUT2D eigenvalue weighted by molar-refractivity contribution is 5.14. The number of hydrogen-bond donors (Lipinski definition) is 1. The van der Waals surface area contributed by atoms with Crippen LogP contribution in [-0.4, -0.2) is 13.1 Å². The second-order valence-corrected chi connectivity index (χ2v) is 6.23. The maximum Gasteiger partial charge on any atom is -0.00178 e. The van der Waals surface area contributed by atoms with Gasteiger partial charge in [-0.05, 0) is 68.5 Å². The summed E-state index contributed by atoms with van der Waals surface area (Å²) in [7, 11) is 0. The summed E-state index contributed by atoms with van der Waals surface area (Å²) in [5.41, 5.74) is 1.47. The Morgan fingerprint density at radius 3 is 2.67 bits per heavy atom. The van der Waals surface area contributed by atoms with Gasteiger partial charge in [0, 0.05) is 0 Å². The lowest BCUT2D eigenvalue weighted by molar-refractivity contribution is 0.319. The van der Waals surface area contributed by atoms with Crippen LogP contribution in [0.1, 0.15) is 37.7 Å². The molecule has 3 unspecified atom stereocenters. The summed E-state index contributed by atoms with van der Waals surface area (Å²) in [5, 5.41) is 3.68. The van der Waals surface area contributed by atoms with E-state index in [9.17, 15) is 0 Å². The monoisotopic (exact) mass is 243 g/mol. The van der Waals surface area contributed by atoms with E-state index in [0.29, 0.717) is 0 Å². The molecule has 1 N–H and O–H groups in total. The minimum atomic E-state index is 1.00. The molecule has 3 atom stereocenters. The molecule has 98 valence electrons. The highest BCUT2D eigenvalue weighted by atomic mass is 14.9. The van der Waals surface area contributed by atoms with Crippen LogP contribution in [0.3, 0.4) is 0 Å². The Hall–Kier alpha value is -0.820. The van der Waals surface area contributed by atoms with Gasteiger partial charge in [-0.3, -0.25) is 0 Å². The first-order valence-corrected chi connectivity index (χ1v) is 7.66. The zero-order valence-corrected chi connectivity index (χ0v) is 11.3. The zero-order valence-electron chi connectivity index (χ0n) is 11.3. The van der Waals surface area contributed by atoms with E-state index in [1.54, 1.807) is 0 Å². The van der Waals surface area contributed by atoms with Gasteiger partial charge in [-0.1, -0.05) is 36.8 Å². The van der Waals surface area contributed by atoms with Crippen molar-refractivity contribution >= 4 is 0 Å². The largest absolute Gasteiger partial charge is 0.316 e. The summed E-state index contributed by atoms with van der Waals surface area (Å²) < 4.78 is 0. The van der Waals surface area contributed by atoms with Gasteiger partial charge in [0.2, 0.25) is 0 Å². The molecule has 0 saturated heterocycles. The number of hydrogen-bond acceptors (Lipinski definition) is 1. The minimum Gasteiger partial charge on any atom is -0.316 e. The van der Waals surface area contributed by atoms with Crippen LogP contribution in [0.2, 0.25) is 0 Å². The third-order valence-corrected chi connectivity index (χ3v) is 4.95. The average Bonchev–Trinajstić information content (AvgIpc) is 3.02. The van der Waals surface area contributed by atoms with Crippen LogP contribution in [0.4, 0.5) is 0 Å². The molecule has 2 saturated carbocycles. The molecule has 0 heterocycles. The number of aryl methyl sites for hydroxylation is 1. The first-order valence-electron chi connectivity index (χ1n) is 7.66. The van der Waals surface area contributed by atoms with Crippen molar-refractivity contribution in [2.45, 2.75) is 38.5 Å². The number of rotatable bonds is 6. The van der Waals surface area contributed by atoms with E-state index in [1.807, 2.05) is 0 Å². The normalized spacial score (nSPS) is 29.9. The fourth-order valence-corrected chi connectivity index (χ4v) is 3.98. The SMILES string of the molecule is c1ccc(CCCNCC2CC3CCC2C3)cc1. The van der Waals surface area contributed by atoms with E-state index in [2.05, 4.69) is 35.6 Å². The molecule has 1 aromatic rings. The maximum absolute atomic E-state index is 3.68. The summed E-state index contributed by atoms with van der Waals surface area (Å²) in [4.78, 5) is 0. The lowest BCUT2D eigenvalue weighted by atomic mass is 9.89. The average molecular weight is 243 g/mol. The van der Waals surface area contributed by atoms with E-state index in [1.165, 1.54) is 57.2 Å². The molecule has 0 aromatic heterocycles. The molecule has 2 fully saturated rings. The molecule has 1 nitrogen and oxygen atoms in total. The molecule has 1 heteroatoms. The summed E-state index contributed by atoms with van der Waals surface area (Å²) >= 11 is 0. The Morgan fingerprint density at radius 2 is 1.94 bits per heavy atom. The Morgan fingerprint density at radius 1 is 1.06 bits per heavy atom. The summed E-state index contributed by atoms with van der Waals surface area (Å²) in [6.07, 6.45) is 8.57. The first-order chi connectivity index (χ1) is 8.92. The Labute approximate surface area is 111 Å². The molecular weight excluding hydrogens is 218 g/mol. The van der Waals surface area contributed by atoms with E-state index >= 15 is 0 Å². The van der Waals surface area contributed by atoms with Gasteiger partial charge in [-0.25, -0.2) is 0 Å². The molecule has 2 aliphatic carbocycles. The first kappa shape index (κ1) is 12.2. The smallest absolute Gasteiger partial charge is 0.00178 e. The third-order valence-electron chi connectivity index (χ3n) is 4.95. The van der Waals surface area contributed by atoms with Crippen molar-refractivity contribution in [1.29, 1.82) is 0 Å². The second kappa shape index (κ2) is 5.88. The molecule has 2 aliphatic rings. The van der Waals surface area contributed by atoms with E-state index in [4.69, 9.17) is 0 Å². The Kier molecular flexibility index (Phi) is 3.99. The molecular formula is C17H25N. The van der Waals surface area contributed by atoms with Gasteiger partial charge in [0.25, 0.3) is 0 Å². The van der Waals surface area contributed by atoms with E-state index in [0.717, 1.165) is 17.8 Å². The van der Waals surface area contributed by atoms with Crippen LogP contribution in [0, 0.1) is 17.8 Å². The zero-order chi connectivity index (χ0) is 12.2. The fraction of sp³-hybridized carbons (Fsp3) is 0.647. The highest BCUT2D eigenvalue weighted by Gasteiger charge is 2.38. The van der Waals surface area contributed by atoms with Crippen molar-refractivity contribution in [3.05, 3.63) is 35.9 Å². The van der Waals surface area contributed by atoms with Crippen molar-refractivity contribution in [2.24, 2.45) is 17.8 Å². The predicted molar refractivity (Wildman–Crippen MR) is 76.6 cm³/mol. The van der Waals surface area contributed by atoms with Crippen LogP contribution < -0.4 is 5.32 Å². The van der Waals surface area contributed by atoms with Gasteiger partial charge in [0.05, 0.1) is 0 Å².